The molecule has 29 heavy (non-hydrogen) atoms. The number of nitro groups is 1. The first-order valence-corrected chi connectivity index (χ1v) is 9.44. The Balaban J connectivity index is 1.60. The van der Waals surface area contributed by atoms with Crippen molar-refractivity contribution in [3.8, 4) is 11.3 Å². The maximum atomic E-state index is 12.7. The van der Waals surface area contributed by atoms with E-state index < -0.39 is 10.8 Å². The maximum absolute atomic E-state index is 12.7. The zero-order valence-corrected chi connectivity index (χ0v) is 16.0. The molecular formula is C21H14N2O5S. The van der Waals surface area contributed by atoms with Gasteiger partial charge in [-0.2, -0.15) is 0 Å². The number of nitro benzene ring substituents is 1. The number of carbonyl (C=O) groups is 2. The number of hydrogen-bond donors (Lipinski definition) is 0. The minimum Gasteiger partial charge on any atom is -0.457 e. The molecule has 0 atom stereocenters. The summed E-state index contributed by atoms with van der Waals surface area (Å²) in [5.41, 5.74) is 1.76. The number of thioether (sulfide) groups is 1. The van der Waals surface area contributed by atoms with Crippen molar-refractivity contribution in [3.05, 3.63) is 87.0 Å². The van der Waals surface area contributed by atoms with Crippen LogP contribution in [0.25, 0.3) is 17.4 Å². The Morgan fingerprint density at radius 2 is 1.83 bits per heavy atom. The van der Waals surface area contributed by atoms with Crippen LogP contribution in [-0.2, 0) is 4.79 Å². The molecule has 0 radical (unpaired) electrons. The molecule has 0 unspecified atom stereocenters. The van der Waals surface area contributed by atoms with Crippen molar-refractivity contribution in [2.24, 2.45) is 0 Å². The van der Waals surface area contributed by atoms with Crippen molar-refractivity contribution in [1.82, 2.24) is 0 Å². The molecule has 0 bridgehead atoms. The van der Waals surface area contributed by atoms with E-state index in [1.807, 2.05) is 6.07 Å². The van der Waals surface area contributed by atoms with E-state index in [0.29, 0.717) is 28.3 Å². The molecule has 1 saturated heterocycles. The summed E-state index contributed by atoms with van der Waals surface area (Å²) in [5, 5.41) is 10.6. The van der Waals surface area contributed by atoms with Gasteiger partial charge in [-0.25, -0.2) is 4.90 Å². The topological polar surface area (TPSA) is 93.7 Å². The minimum absolute atomic E-state index is 0.0371. The van der Waals surface area contributed by atoms with Crippen LogP contribution in [0, 0.1) is 17.0 Å². The number of furan rings is 1. The van der Waals surface area contributed by atoms with E-state index in [-0.39, 0.29) is 15.8 Å². The number of hydrogen-bond acceptors (Lipinski definition) is 6. The van der Waals surface area contributed by atoms with E-state index in [9.17, 15) is 19.7 Å². The predicted molar refractivity (Wildman–Crippen MR) is 110 cm³/mol. The molecule has 2 aromatic carbocycles. The standard InChI is InChI=1S/C21H14N2O5S/c1-13-11-14(7-9-17(13)23(26)27)18-10-8-16(28-18)12-19-20(24)22(21(25)29-19)15-5-3-2-4-6-15/h2-12H,1H3/b19-12-. The van der Waals surface area contributed by atoms with Crippen molar-refractivity contribution in [2.75, 3.05) is 4.90 Å². The lowest BCUT2D eigenvalue weighted by molar-refractivity contribution is -0.385. The summed E-state index contributed by atoms with van der Waals surface area (Å²) in [6, 6.07) is 16.8. The second-order valence-electron chi connectivity index (χ2n) is 6.31. The molecule has 3 aromatic rings. The minimum atomic E-state index is -0.435. The third-order valence-electron chi connectivity index (χ3n) is 4.39. The van der Waals surface area contributed by atoms with Crippen molar-refractivity contribution in [2.45, 2.75) is 6.92 Å². The number of para-hydroxylation sites is 1. The van der Waals surface area contributed by atoms with Crippen LogP contribution in [0.3, 0.4) is 0 Å². The molecule has 2 heterocycles. The Labute approximate surface area is 169 Å². The van der Waals surface area contributed by atoms with Gasteiger partial charge in [0.05, 0.1) is 15.5 Å². The molecule has 0 aliphatic carbocycles. The highest BCUT2D eigenvalue weighted by Gasteiger charge is 2.36. The van der Waals surface area contributed by atoms with E-state index in [1.54, 1.807) is 55.5 Å². The highest BCUT2D eigenvalue weighted by Crippen LogP contribution is 2.36. The zero-order valence-electron chi connectivity index (χ0n) is 15.2. The van der Waals surface area contributed by atoms with Crippen LogP contribution >= 0.6 is 11.8 Å². The van der Waals surface area contributed by atoms with Gasteiger partial charge < -0.3 is 4.42 Å². The van der Waals surface area contributed by atoms with E-state index in [0.717, 1.165) is 16.7 Å². The van der Waals surface area contributed by atoms with Gasteiger partial charge in [0.25, 0.3) is 16.8 Å². The Bertz CT molecular complexity index is 1170. The highest BCUT2D eigenvalue weighted by molar-refractivity contribution is 8.19. The Morgan fingerprint density at radius 3 is 2.52 bits per heavy atom. The van der Waals surface area contributed by atoms with Gasteiger partial charge in [0.15, 0.2) is 0 Å². The van der Waals surface area contributed by atoms with Gasteiger partial charge in [-0.15, -0.1) is 0 Å². The Morgan fingerprint density at radius 1 is 1.07 bits per heavy atom. The second kappa shape index (κ2) is 7.40. The van der Waals surface area contributed by atoms with Crippen molar-refractivity contribution in [1.29, 1.82) is 0 Å². The van der Waals surface area contributed by atoms with Gasteiger partial charge >= 0.3 is 0 Å². The average Bonchev–Trinajstić information content (AvgIpc) is 3.27. The zero-order chi connectivity index (χ0) is 20.5. The summed E-state index contributed by atoms with van der Waals surface area (Å²) in [5.74, 6) is 0.515. The molecule has 1 aromatic heterocycles. The number of benzene rings is 2. The van der Waals surface area contributed by atoms with Crippen LogP contribution in [0.1, 0.15) is 11.3 Å². The summed E-state index contributed by atoms with van der Waals surface area (Å²) in [6.45, 7) is 1.66. The monoisotopic (exact) mass is 406 g/mol. The second-order valence-corrected chi connectivity index (χ2v) is 7.31. The Hall–Kier alpha value is -3.65. The van der Waals surface area contributed by atoms with Gasteiger partial charge in [-0.3, -0.25) is 19.7 Å². The lowest BCUT2D eigenvalue weighted by Crippen LogP contribution is -2.27. The number of anilines is 1. The molecule has 0 N–H and O–H groups in total. The van der Waals surface area contributed by atoms with E-state index in [4.69, 9.17) is 4.42 Å². The van der Waals surface area contributed by atoms with Crippen LogP contribution in [0.5, 0.6) is 0 Å². The summed E-state index contributed by atoms with van der Waals surface area (Å²) < 4.78 is 5.77. The smallest absolute Gasteiger partial charge is 0.298 e. The molecule has 8 heteroatoms. The third kappa shape index (κ3) is 3.57. The van der Waals surface area contributed by atoms with Crippen molar-refractivity contribution < 1.29 is 18.9 Å². The molecular weight excluding hydrogens is 392 g/mol. The predicted octanol–water partition coefficient (Wildman–Crippen LogP) is 5.40. The van der Waals surface area contributed by atoms with Gasteiger partial charge in [0, 0.05) is 23.3 Å². The summed E-state index contributed by atoms with van der Waals surface area (Å²) in [6.07, 6.45) is 1.52. The molecule has 4 rings (SSSR count). The largest absolute Gasteiger partial charge is 0.457 e. The van der Waals surface area contributed by atoms with Crippen molar-refractivity contribution in [3.63, 3.8) is 0 Å². The van der Waals surface area contributed by atoms with E-state index in [2.05, 4.69) is 0 Å². The molecule has 1 aliphatic rings. The number of aryl methyl sites for hydroxylation is 1. The Kier molecular flexibility index (Phi) is 4.77. The quantitative estimate of drug-likeness (QED) is 0.327. The summed E-state index contributed by atoms with van der Waals surface area (Å²) in [4.78, 5) is 36.8. The lowest BCUT2D eigenvalue weighted by atomic mass is 10.1. The summed E-state index contributed by atoms with van der Waals surface area (Å²) >= 11 is 0.848. The fourth-order valence-electron chi connectivity index (χ4n) is 3.00. The molecule has 0 spiro atoms. The van der Waals surface area contributed by atoms with Gasteiger partial charge in [-0.05, 0) is 55.1 Å². The molecule has 1 fully saturated rings. The van der Waals surface area contributed by atoms with Crippen LogP contribution in [-0.4, -0.2) is 16.1 Å². The number of rotatable bonds is 4. The molecule has 1 aliphatic heterocycles. The summed E-state index contributed by atoms with van der Waals surface area (Å²) in [7, 11) is 0. The third-order valence-corrected chi connectivity index (χ3v) is 5.26. The normalized spacial score (nSPS) is 15.3. The highest BCUT2D eigenvalue weighted by atomic mass is 32.2. The molecule has 7 nitrogen and oxygen atoms in total. The first-order valence-electron chi connectivity index (χ1n) is 8.62. The van der Waals surface area contributed by atoms with E-state index >= 15 is 0 Å². The van der Waals surface area contributed by atoms with Crippen LogP contribution in [0.4, 0.5) is 16.2 Å². The number of amides is 2. The van der Waals surface area contributed by atoms with Gasteiger partial charge in [0.2, 0.25) is 0 Å². The van der Waals surface area contributed by atoms with Gasteiger partial charge in [0.1, 0.15) is 11.5 Å². The number of carbonyl (C=O) groups excluding carboxylic acids is 2. The van der Waals surface area contributed by atoms with Crippen LogP contribution < -0.4 is 4.90 Å². The van der Waals surface area contributed by atoms with Crippen LogP contribution in [0.2, 0.25) is 0 Å². The molecule has 144 valence electrons. The fraction of sp³-hybridized carbons (Fsp3) is 0.0476. The van der Waals surface area contributed by atoms with Crippen molar-refractivity contribution >= 4 is 40.4 Å². The first-order chi connectivity index (χ1) is 13.9. The number of nitrogens with zero attached hydrogens (tertiary/aromatic N) is 2. The first kappa shape index (κ1) is 18.7. The SMILES string of the molecule is Cc1cc(-c2ccc(/C=C3\SC(=O)N(c4ccccc4)C3=O)o2)ccc1[N+](=O)[O-]. The fourth-order valence-corrected chi connectivity index (χ4v) is 3.82. The van der Waals surface area contributed by atoms with Crippen LogP contribution in [0.15, 0.2) is 70.0 Å². The maximum Gasteiger partial charge on any atom is 0.298 e. The number of imide groups is 1. The molecule has 2 amide bonds. The average molecular weight is 406 g/mol. The van der Waals surface area contributed by atoms with E-state index in [1.165, 1.54) is 12.1 Å². The molecule has 0 saturated carbocycles. The lowest BCUT2D eigenvalue weighted by Gasteiger charge is -2.11. The van der Waals surface area contributed by atoms with Gasteiger partial charge in [-0.1, -0.05) is 18.2 Å².